The van der Waals surface area contributed by atoms with Gasteiger partial charge in [-0.15, -0.1) is 11.3 Å². The van der Waals surface area contributed by atoms with Gasteiger partial charge in [0.2, 0.25) is 5.91 Å². The molecule has 0 fully saturated rings. The summed E-state index contributed by atoms with van der Waals surface area (Å²) in [5.41, 5.74) is 12.3. The molecule has 0 radical (unpaired) electrons. The molecule has 4 aromatic rings. The molecular formula is C25H28N6OS. The zero-order chi connectivity index (χ0) is 23.4. The second-order valence-electron chi connectivity index (χ2n) is 7.80. The summed E-state index contributed by atoms with van der Waals surface area (Å²) in [4.78, 5) is 22.4. The summed E-state index contributed by atoms with van der Waals surface area (Å²) in [5, 5.41) is 6.37. The van der Waals surface area contributed by atoms with Crippen LogP contribution in [0.2, 0.25) is 0 Å². The smallest absolute Gasteiger partial charge is 0.223 e. The predicted octanol–water partition coefficient (Wildman–Crippen LogP) is 4.92. The van der Waals surface area contributed by atoms with Gasteiger partial charge < -0.3 is 20.5 Å². The maximum absolute atomic E-state index is 11.1. The monoisotopic (exact) mass is 460 g/mol. The summed E-state index contributed by atoms with van der Waals surface area (Å²) in [6.45, 7) is 8.45. The fourth-order valence-corrected chi connectivity index (χ4v) is 4.46. The largest absolute Gasteiger partial charge is 0.372 e. The summed E-state index contributed by atoms with van der Waals surface area (Å²) in [6.07, 6.45) is 3.64. The number of hydrogen-bond donors (Lipinski definition) is 2. The number of amides is 1. The van der Waals surface area contributed by atoms with Crippen molar-refractivity contribution >= 4 is 33.8 Å². The second-order valence-corrected chi connectivity index (χ2v) is 8.65. The van der Waals surface area contributed by atoms with E-state index in [9.17, 15) is 4.79 Å². The first kappa shape index (κ1) is 22.5. The van der Waals surface area contributed by atoms with E-state index >= 15 is 0 Å². The molecule has 0 saturated heterocycles. The van der Waals surface area contributed by atoms with Crippen LogP contribution in [0, 0.1) is 6.92 Å². The zero-order valence-corrected chi connectivity index (χ0v) is 19.9. The van der Waals surface area contributed by atoms with Gasteiger partial charge in [0.15, 0.2) is 5.13 Å². The molecule has 1 amide bonds. The fraction of sp³-hybridized carbons (Fsp3) is 0.240. The minimum absolute atomic E-state index is 0.136. The van der Waals surface area contributed by atoms with E-state index in [2.05, 4.69) is 59.6 Å². The van der Waals surface area contributed by atoms with Crippen LogP contribution < -0.4 is 16.0 Å². The first-order valence-corrected chi connectivity index (χ1v) is 11.8. The van der Waals surface area contributed by atoms with E-state index < -0.39 is 5.91 Å². The summed E-state index contributed by atoms with van der Waals surface area (Å²) in [5.74, 6) is -0.390. The Hall–Kier alpha value is -3.65. The number of carbonyl (C=O) groups excluding carboxylic acids is 1. The van der Waals surface area contributed by atoms with E-state index in [1.807, 2.05) is 35.0 Å². The summed E-state index contributed by atoms with van der Waals surface area (Å²) in [7, 11) is 0. The number of imidazole rings is 1. The zero-order valence-electron chi connectivity index (χ0n) is 19.1. The van der Waals surface area contributed by atoms with Crippen LogP contribution in [0.3, 0.4) is 0 Å². The molecular weight excluding hydrogens is 432 g/mol. The lowest BCUT2D eigenvalue weighted by atomic mass is 10.1. The van der Waals surface area contributed by atoms with Crippen molar-refractivity contribution in [3.63, 3.8) is 0 Å². The average molecular weight is 461 g/mol. The van der Waals surface area contributed by atoms with Gasteiger partial charge in [0.25, 0.3) is 0 Å². The number of anilines is 3. The first-order valence-electron chi connectivity index (χ1n) is 11.0. The molecule has 2 aromatic carbocycles. The Morgan fingerprint density at radius 1 is 1.15 bits per heavy atom. The summed E-state index contributed by atoms with van der Waals surface area (Å²) in [6, 6.07) is 14.6. The molecule has 0 saturated carbocycles. The number of benzene rings is 2. The molecule has 0 unspecified atom stereocenters. The maximum Gasteiger partial charge on any atom is 0.223 e. The van der Waals surface area contributed by atoms with Crippen LogP contribution in [0.15, 0.2) is 60.4 Å². The van der Waals surface area contributed by atoms with Crippen molar-refractivity contribution in [3.8, 4) is 16.9 Å². The highest BCUT2D eigenvalue weighted by atomic mass is 32.1. The second kappa shape index (κ2) is 9.87. The van der Waals surface area contributed by atoms with E-state index in [0.717, 1.165) is 40.9 Å². The van der Waals surface area contributed by atoms with E-state index in [1.54, 1.807) is 17.7 Å². The van der Waals surface area contributed by atoms with Crippen molar-refractivity contribution in [1.29, 1.82) is 0 Å². The Kier molecular flexibility index (Phi) is 6.74. The van der Waals surface area contributed by atoms with Crippen molar-refractivity contribution in [3.05, 3.63) is 71.6 Å². The molecule has 2 heterocycles. The molecule has 2 aromatic heterocycles. The number of aryl methyl sites for hydroxylation is 1. The molecule has 33 heavy (non-hydrogen) atoms. The molecule has 0 bridgehead atoms. The Morgan fingerprint density at radius 3 is 2.58 bits per heavy atom. The Balaban J connectivity index is 1.46. The fourth-order valence-electron chi connectivity index (χ4n) is 3.73. The predicted molar refractivity (Wildman–Crippen MR) is 136 cm³/mol. The highest BCUT2D eigenvalue weighted by molar-refractivity contribution is 7.14. The number of nitrogens with one attached hydrogen (secondary N) is 1. The highest BCUT2D eigenvalue weighted by Crippen LogP contribution is 2.30. The van der Waals surface area contributed by atoms with Gasteiger partial charge in [-0.25, -0.2) is 9.97 Å². The number of primary amides is 1. The molecule has 4 rings (SSSR count). The van der Waals surface area contributed by atoms with Crippen molar-refractivity contribution in [2.75, 3.05) is 23.3 Å². The number of nitrogens with zero attached hydrogens (tertiary/aromatic N) is 4. The van der Waals surface area contributed by atoms with Gasteiger partial charge in [0, 0.05) is 47.3 Å². The van der Waals surface area contributed by atoms with Gasteiger partial charge in [-0.3, -0.25) is 4.79 Å². The molecule has 0 atom stereocenters. The van der Waals surface area contributed by atoms with E-state index in [0.29, 0.717) is 5.69 Å². The van der Waals surface area contributed by atoms with Crippen molar-refractivity contribution in [2.45, 2.75) is 27.2 Å². The van der Waals surface area contributed by atoms with Gasteiger partial charge in [-0.2, -0.15) is 0 Å². The lowest BCUT2D eigenvalue weighted by Gasteiger charge is -2.22. The van der Waals surface area contributed by atoms with Crippen LogP contribution in [0.5, 0.6) is 0 Å². The minimum atomic E-state index is -0.390. The van der Waals surface area contributed by atoms with Crippen LogP contribution in [-0.4, -0.2) is 33.5 Å². The number of nitrogens with two attached hydrogens (primary N) is 1. The lowest BCUT2D eigenvalue weighted by Crippen LogP contribution is -2.21. The van der Waals surface area contributed by atoms with Crippen LogP contribution in [0.1, 0.15) is 25.1 Å². The van der Waals surface area contributed by atoms with Crippen LogP contribution >= 0.6 is 11.3 Å². The first-order chi connectivity index (χ1) is 16.0. The number of rotatable bonds is 9. The van der Waals surface area contributed by atoms with E-state index in [1.165, 1.54) is 11.3 Å². The molecule has 7 nitrogen and oxygen atoms in total. The quantitative estimate of drug-likeness (QED) is 0.370. The normalized spacial score (nSPS) is 10.9. The topological polar surface area (TPSA) is 89.1 Å². The van der Waals surface area contributed by atoms with Gasteiger partial charge in [0.05, 0.1) is 24.1 Å². The summed E-state index contributed by atoms with van der Waals surface area (Å²) < 4.78 is 1.88. The number of carbonyl (C=O) groups is 1. The van der Waals surface area contributed by atoms with Crippen LogP contribution in [0.25, 0.3) is 16.9 Å². The maximum atomic E-state index is 11.1. The molecule has 8 heteroatoms. The SMILES string of the molecule is CCN(CC)c1ccc(Nc2nc(-c3ccc(-n4cnc(CC(N)=O)c4)cc3)cs2)c(C)c1. The third-order valence-corrected chi connectivity index (χ3v) is 6.29. The Morgan fingerprint density at radius 2 is 1.91 bits per heavy atom. The Bertz CT molecular complexity index is 1240. The van der Waals surface area contributed by atoms with E-state index in [-0.39, 0.29) is 6.42 Å². The van der Waals surface area contributed by atoms with Crippen molar-refractivity contribution in [1.82, 2.24) is 14.5 Å². The molecule has 0 aliphatic carbocycles. The third-order valence-electron chi connectivity index (χ3n) is 5.54. The standard InChI is InChI=1S/C25H28N6OS/c1-4-30(5-2)21-10-11-22(17(3)12-21)28-25-29-23(15-33-25)18-6-8-20(9-7-18)31-14-19(27-16-31)13-24(26)32/h6-12,14-16H,4-5,13H2,1-3H3,(H2,26,32)(H,28,29). The molecule has 0 aliphatic rings. The van der Waals surface area contributed by atoms with Crippen LogP contribution in [-0.2, 0) is 11.2 Å². The number of aromatic nitrogens is 3. The summed E-state index contributed by atoms with van der Waals surface area (Å²) >= 11 is 1.59. The van der Waals surface area contributed by atoms with Gasteiger partial charge in [0.1, 0.15) is 0 Å². The van der Waals surface area contributed by atoms with E-state index in [4.69, 9.17) is 10.7 Å². The van der Waals surface area contributed by atoms with Crippen LogP contribution in [0.4, 0.5) is 16.5 Å². The van der Waals surface area contributed by atoms with Crippen molar-refractivity contribution < 1.29 is 4.79 Å². The average Bonchev–Trinajstić information content (AvgIpc) is 3.46. The lowest BCUT2D eigenvalue weighted by molar-refractivity contribution is -0.117. The molecule has 170 valence electrons. The third kappa shape index (κ3) is 5.23. The van der Waals surface area contributed by atoms with Gasteiger partial charge in [-0.05, 0) is 56.7 Å². The van der Waals surface area contributed by atoms with Gasteiger partial charge in [-0.1, -0.05) is 12.1 Å². The Labute approximate surface area is 197 Å². The minimum Gasteiger partial charge on any atom is -0.372 e. The molecule has 0 spiro atoms. The van der Waals surface area contributed by atoms with Gasteiger partial charge >= 0.3 is 0 Å². The van der Waals surface area contributed by atoms with Crippen molar-refractivity contribution in [2.24, 2.45) is 5.73 Å². The number of hydrogen-bond acceptors (Lipinski definition) is 6. The highest BCUT2D eigenvalue weighted by Gasteiger charge is 2.09. The molecule has 0 aliphatic heterocycles. The molecule has 3 N–H and O–H groups in total. The number of thiazole rings is 1.